The summed E-state index contributed by atoms with van der Waals surface area (Å²) in [6.45, 7) is 5.94. The molecule has 140 valence electrons. The van der Waals surface area contributed by atoms with Gasteiger partial charge in [0.1, 0.15) is 5.76 Å². The maximum absolute atomic E-state index is 13.1. The summed E-state index contributed by atoms with van der Waals surface area (Å²) in [6.07, 6.45) is 0.285. The molecule has 0 saturated carbocycles. The summed E-state index contributed by atoms with van der Waals surface area (Å²) in [7, 11) is 1.58. The third kappa shape index (κ3) is 3.24. The highest BCUT2D eigenvalue weighted by atomic mass is 16.5. The van der Waals surface area contributed by atoms with Crippen molar-refractivity contribution >= 4 is 11.9 Å². The molecule has 1 aliphatic rings. The van der Waals surface area contributed by atoms with Crippen LogP contribution in [0.3, 0.4) is 0 Å². The van der Waals surface area contributed by atoms with E-state index in [1.807, 2.05) is 25.3 Å². The van der Waals surface area contributed by atoms with Crippen LogP contribution >= 0.6 is 0 Å². The van der Waals surface area contributed by atoms with Crippen molar-refractivity contribution in [1.29, 1.82) is 0 Å². The number of amides is 1. The van der Waals surface area contributed by atoms with Gasteiger partial charge in [0.2, 0.25) is 0 Å². The Morgan fingerprint density at radius 1 is 1.35 bits per heavy atom. The van der Waals surface area contributed by atoms with Gasteiger partial charge in [-0.15, -0.1) is 0 Å². The Hall–Kier alpha value is -2.61. The number of likely N-dealkylation sites (tertiary alicyclic amines) is 1. The number of aryl methyl sites for hydroxylation is 2. The van der Waals surface area contributed by atoms with Gasteiger partial charge < -0.3 is 19.3 Å². The molecule has 2 atom stereocenters. The number of carboxylic acid groups (broad SMARTS) is 1. The van der Waals surface area contributed by atoms with Crippen molar-refractivity contribution in [3.8, 4) is 5.82 Å². The van der Waals surface area contributed by atoms with Gasteiger partial charge in [0.25, 0.3) is 5.91 Å². The van der Waals surface area contributed by atoms with Crippen LogP contribution in [0.2, 0.25) is 0 Å². The maximum atomic E-state index is 13.1. The summed E-state index contributed by atoms with van der Waals surface area (Å²) < 4.78 is 12.4. The fraction of sp³-hybridized carbons (Fsp3) is 0.500. The first kappa shape index (κ1) is 18.2. The van der Waals surface area contributed by atoms with Gasteiger partial charge in [-0.05, 0) is 33.3 Å². The van der Waals surface area contributed by atoms with E-state index in [4.69, 9.17) is 14.4 Å². The van der Waals surface area contributed by atoms with Crippen molar-refractivity contribution in [2.75, 3.05) is 13.7 Å². The van der Waals surface area contributed by atoms with Gasteiger partial charge in [-0.1, -0.05) is 5.16 Å². The van der Waals surface area contributed by atoms with Crippen LogP contribution in [0.5, 0.6) is 0 Å². The molecule has 8 nitrogen and oxygen atoms in total. The molecular formula is C18H23N3O5. The average Bonchev–Trinajstić information content (AvgIpc) is 3.24. The second-order valence-electron chi connectivity index (χ2n) is 6.72. The number of ether oxygens (including phenoxy) is 1. The summed E-state index contributed by atoms with van der Waals surface area (Å²) in [6, 6.07) is 3.24. The standard InChI is InChI=1S/C18H23N3O5/c1-10-5-15(12(3)21(10)16-6-11(2)26-19-16)18(24)20-9-14(25-4)7-13(20)8-17(22)23/h5-6,13-14H,7-9H2,1-4H3,(H,22,23). The van der Waals surface area contributed by atoms with Crippen molar-refractivity contribution in [3.63, 3.8) is 0 Å². The number of aliphatic carboxylic acids is 1. The number of carbonyl (C=O) groups excluding carboxylic acids is 1. The van der Waals surface area contributed by atoms with Gasteiger partial charge in [-0.2, -0.15) is 0 Å². The first-order valence-electron chi connectivity index (χ1n) is 8.50. The molecule has 0 aliphatic carbocycles. The molecule has 0 aromatic carbocycles. The number of carbonyl (C=O) groups is 2. The zero-order valence-corrected chi connectivity index (χ0v) is 15.4. The second kappa shape index (κ2) is 6.95. The van der Waals surface area contributed by atoms with Crippen molar-refractivity contribution in [1.82, 2.24) is 14.6 Å². The van der Waals surface area contributed by atoms with E-state index in [0.29, 0.717) is 30.1 Å². The number of rotatable bonds is 5. The molecule has 1 N–H and O–H groups in total. The van der Waals surface area contributed by atoms with Crippen LogP contribution in [0, 0.1) is 20.8 Å². The molecule has 8 heteroatoms. The topological polar surface area (TPSA) is 97.8 Å². The maximum Gasteiger partial charge on any atom is 0.305 e. The quantitative estimate of drug-likeness (QED) is 0.876. The smallest absolute Gasteiger partial charge is 0.305 e. The molecular weight excluding hydrogens is 338 g/mol. The van der Waals surface area contributed by atoms with Crippen LogP contribution in [0.4, 0.5) is 0 Å². The zero-order valence-electron chi connectivity index (χ0n) is 15.4. The Morgan fingerprint density at radius 3 is 2.65 bits per heavy atom. The monoisotopic (exact) mass is 361 g/mol. The third-order valence-corrected chi connectivity index (χ3v) is 4.89. The highest BCUT2D eigenvalue weighted by molar-refractivity contribution is 5.96. The van der Waals surface area contributed by atoms with E-state index in [0.717, 1.165) is 11.4 Å². The van der Waals surface area contributed by atoms with Gasteiger partial charge in [-0.25, -0.2) is 0 Å². The van der Waals surface area contributed by atoms with Gasteiger partial charge in [-0.3, -0.25) is 14.2 Å². The van der Waals surface area contributed by atoms with E-state index in [9.17, 15) is 9.59 Å². The Bertz CT molecular complexity index is 838. The van der Waals surface area contributed by atoms with E-state index < -0.39 is 5.97 Å². The highest BCUT2D eigenvalue weighted by Gasteiger charge is 2.38. The molecule has 2 aromatic rings. The molecule has 3 heterocycles. The number of nitrogens with zero attached hydrogens (tertiary/aromatic N) is 3. The molecule has 1 amide bonds. The largest absolute Gasteiger partial charge is 0.481 e. The lowest BCUT2D eigenvalue weighted by molar-refractivity contribution is -0.137. The lowest BCUT2D eigenvalue weighted by atomic mass is 10.1. The van der Waals surface area contributed by atoms with Gasteiger partial charge in [0.05, 0.1) is 18.1 Å². The first-order chi connectivity index (χ1) is 12.3. The Morgan fingerprint density at radius 2 is 2.08 bits per heavy atom. The third-order valence-electron chi connectivity index (χ3n) is 4.89. The average molecular weight is 361 g/mol. The molecule has 26 heavy (non-hydrogen) atoms. The Balaban J connectivity index is 1.93. The minimum atomic E-state index is -0.923. The lowest BCUT2D eigenvalue weighted by Crippen LogP contribution is -2.37. The first-order valence-corrected chi connectivity index (χ1v) is 8.50. The normalized spacial score (nSPS) is 19.9. The van der Waals surface area contributed by atoms with Crippen LogP contribution in [0.1, 0.15) is 40.3 Å². The summed E-state index contributed by atoms with van der Waals surface area (Å²) >= 11 is 0. The fourth-order valence-electron chi connectivity index (χ4n) is 3.63. The molecule has 1 saturated heterocycles. The molecule has 0 bridgehead atoms. The molecule has 1 fully saturated rings. The number of hydrogen-bond acceptors (Lipinski definition) is 5. The van der Waals surface area contributed by atoms with Gasteiger partial charge >= 0.3 is 5.97 Å². The van der Waals surface area contributed by atoms with Crippen LogP contribution in [0.15, 0.2) is 16.7 Å². The Kier molecular flexibility index (Phi) is 4.86. The number of methoxy groups -OCH3 is 1. The van der Waals surface area contributed by atoms with Crippen molar-refractivity contribution < 1.29 is 24.0 Å². The summed E-state index contributed by atoms with van der Waals surface area (Å²) in [5, 5.41) is 13.2. The van der Waals surface area contributed by atoms with E-state index in [1.54, 1.807) is 24.1 Å². The Labute approximate surface area is 151 Å². The second-order valence-corrected chi connectivity index (χ2v) is 6.72. The van der Waals surface area contributed by atoms with Crippen molar-refractivity contribution in [2.24, 2.45) is 0 Å². The molecule has 1 aliphatic heterocycles. The van der Waals surface area contributed by atoms with E-state index in [2.05, 4.69) is 5.16 Å². The minimum absolute atomic E-state index is 0.0905. The van der Waals surface area contributed by atoms with Crippen molar-refractivity contribution in [2.45, 2.75) is 45.8 Å². The van der Waals surface area contributed by atoms with E-state index in [1.165, 1.54) is 0 Å². The predicted molar refractivity (Wildman–Crippen MR) is 92.5 cm³/mol. The zero-order chi connectivity index (χ0) is 19.0. The van der Waals surface area contributed by atoms with Gasteiger partial charge in [0, 0.05) is 37.2 Å². The van der Waals surface area contributed by atoms with Crippen LogP contribution in [-0.4, -0.2) is 57.4 Å². The van der Waals surface area contributed by atoms with Crippen molar-refractivity contribution in [3.05, 3.63) is 34.8 Å². The molecule has 2 aromatic heterocycles. The van der Waals surface area contributed by atoms with Crippen LogP contribution < -0.4 is 0 Å². The minimum Gasteiger partial charge on any atom is -0.481 e. The van der Waals surface area contributed by atoms with E-state index >= 15 is 0 Å². The number of aromatic nitrogens is 2. The fourth-order valence-corrected chi connectivity index (χ4v) is 3.63. The molecule has 0 spiro atoms. The van der Waals surface area contributed by atoms with Crippen LogP contribution in [0.25, 0.3) is 5.82 Å². The van der Waals surface area contributed by atoms with Crippen LogP contribution in [-0.2, 0) is 9.53 Å². The predicted octanol–water partition coefficient (Wildman–Crippen LogP) is 2.09. The summed E-state index contributed by atoms with van der Waals surface area (Å²) in [5.74, 6) is 0.197. The summed E-state index contributed by atoms with van der Waals surface area (Å²) in [5.41, 5.74) is 2.14. The highest BCUT2D eigenvalue weighted by Crippen LogP contribution is 2.28. The van der Waals surface area contributed by atoms with E-state index in [-0.39, 0.29) is 24.5 Å². The lowest BCUT2D eigenvalue weighted by Gasteiger charge is -2.23. The molecule has 3 rings (SSSR count). The number of hydrogen-bond donors (Lipinski definition) is 1. The molecule has 2 unspecified atom stereocenters. The number of carboxylic acids is 1. The SMILES string of the molecule is COC1CC(CC(=O)O)N(C(=O)c2cc(C)n(-c3cc(C)on3)c2C)C1. The van der Waals surface area contributed by atoms with Gasteiger partial charge in [0.15, 0.2) is 5.82 Å². The summed E-state index contributed by atoms with van der Waals surface area (Å²) in [4.78, 5) is 25.9. The molecule has 0 radical (unpaired) electrons.